The van der Waals surface area contributed by atoms with Gasteiger partial charge >= 0.3 is 6.61 Å². The zero-order valence-corrected chi connectivity index (χ0v) is 15.5. The van der Waals surface area contributed by atoms with Crippen LogP contribution in [0.25, 0.3) is 0 Å². The predicted octanol–water partition coefficient (Wildman–Crippen LogP) is 4.33. The molecule has 8 heteroatoms. The van der Waals surface area contributed by atoms with Crippen molar-refractivity contribution in [2.45, 2.75) is 26.5 Å². The third-order valence-corrected chi connectivity index (χ3v) is 3.98. The maximum Gasteiger partial charge on any atom is 0.387 e. The fraction of sp³-hybridized carbons (Fsp3) is 0.263. The minimum absolute atomic E-state index is 0.0671. The lowest BCUT2D eigenvalue weighted by atomic mass is 10.0. The third-order valence-electron chi connectivity index (χ3n) is 3.69. The van der Waals surface area contributed by atoms with Gasteiger partial charge in [-0.3, -0.25) is 9.59 Å². The second kappa shape index (κ2) is 9.32. The number of ether oxygens (including phenoxy) is 1. The van der Waals surface area contributed by atoms with Crippen LogP contribution in [0.4, 0.5) is 14.5 Å². The van der Waals surface area contributed by atoms with Crippen LogP contribution in [-0.2, 0) is 4.79 Å². The van der Waals surface area contributed by atoms with Gasteiger partial charge in [-0.25, -0.2) is 0 Å². The molecule has 1 atom stereocenters. The number of alkyl halides is 2. The molecule has 0 spiro atoms. The highest BCUT2D eigenvalue weighted by molar-refractivity contribution is 6.32. The molecule has 0 fully saturated rings. The Hall–Kier alpha value is -2.67. The Morgan fingerprint density at radius 3 is 2.30 bits per heavy atom. The lowest BCUT2D eigenvalue weighted by Gasteiger charge is -2.22. The standard InChI is InChI=1S/C19H19ClF2N2O3/c1-11(2)16(24-17(25)12-6-4-3-5-7-12)18(26)23-13-8-9-15(14(20)10-13)27-19(21)22/h3-11,16,19H,1-2H3,(H,23,26)(H,24,25). The average molecular weight is 397 g/mol. The molecule has 2 aromatic carbocycles. The second-order valence-electron chi connectivity index (χ2n) is 6.07. The lowest BCUT2D eigenvalue weighted by Crippen LogP contribution is -2.47. The highest BCUT2D eigenvalue weighted by atomic mass is 35.5. The second-order valence-corrected chi connectivity index (χ2v) is 6.48. The number of halogens is 3. The SMILES string of the molecule is CC(C)C(NC(=O)c1ccccc1)C(=O)Nc1ccc(OC(F)F)c(Cl)c1. The summed E-state index contributed by atoms with van der Waals surface area (Å²) in [5, 5.41) is 5.25. The highest BCUT2D eigenvalue weighted by Crippen LogP contribution is 2.29. The van der Waals surface area contributed by atoms with Crippen LogP contribution in [0, 0.1) is 5.92 Å². The zero-order valence-electron chi connectivity index (χ0n) is 14.7. The number of anilines is 1. The molecule has 2 aromatic rings. The van der Waals surface area contributed by atoms with Crippen LogP contribution in [-0.4, -0.2) is 24.5 Å². The molecule has 1 unspecified atom stereocenters. The number of carbonyl (C=O) groups is 2. The Bertz CT molecular complexity index is 801. The van der Waals surface area contributed by atoms with Crippen molar-refractivity contribution in [2.24, 2.45) is 5.92 Å². The quantitative estimate of drug-likeness (QED) is 0.731. The molecule has 0 aliphatic heterocycles. The summed E-state index contributed by atoms with van der Waals surface area (Å²) in [5.41, 5.74) is 0.735. The molecular weight excluding hydrogens is 378 g/mol. The average Bonchev–Trinajstić information content (AvgIpc) is 2.61. The van der Waals surface area contributed by atoms with Crippen molar-refractivity contribution in [1.29, 1.82) is 0 Å². The van der Waals surface area contributed by atoms with E-state index in [1.165, 1.54) is 18.2 Å². The molecule has 2 amide bonds. The van der Waals surface area contributed by atoms with Crippen molar-refractivity contribution >= 4 is 29.1 Å². The molecule has 144 valence electrons. The van der Waals surface area contributed by atoms with E-state index in [0.717, 1.165) is 0 Å². The van der Waals surface area contributed by atoms with Gasteiger partial charge in [0, 0.05) is 11.3 Å². The summed E-state index contributed by atoms with van der Waals surface area (Å²) in [5.74, 6) is -1.20. The van der Waals surface area contributed by atoms with Gasteiger partial charge in [0.25, 0.3) is 5.91 Å². The first-order chi connectivity index (χ1) is 12.8. The van der Waals surface area contributed by atoms with Gasteiger partial charge in [0.15, 0.2) is 0 Å². The van der Waals surface area contributed by atoms with E-state index < -0.39 is 18.6 Å². The molecular formula is C19H19ClF2N2O3. The number of carbonyl (C=O) groups excluding carboxylic acids is 2. The summed E-state index contributed by atoms with van der Waals surface area (Å²) in [6, 6.07) is 11.7. The molecule has 27 heavy (non-hydrogen) atoms. The Morgan fingerprint density at radius 1 is 1.07 bits per heavy atom. The van der Waals surface area contributed by atoms with Gasteiger partial charge in [-0.15, -0.1) is 0 Å². The van der Waals surface area contributed by atoms with Crippen molar-refractivity contribution in [3.8, 4) is 5.75 Å². The number of rotatable bonds is 7. The molecule has 0 saturated carbocycles. The summed E-state index contributed by atoms with van der Waals surface area (Å²) >= 11 is 5.88. The van der Waals surface area contributed by atoms with E-state index in [9.17, 15) is 18.4 Å². The first-order valence-corrected chi connectivity index (χ1v) is 8.57. The van der Waals surface area contributed by atoms with E-state index in [1.54, 1.807) is 44.2 Å². The summed E-state index contributed by atoms with van der Waals surface area (Å²) in [6.07, 6.45) is 0. The van der Waals surface area contributed by atoms with E-state index in [2.05, 4.69) is 15.4 Å². The molecule has 2 N–H and O–H groups in total. The van der Waals surface area contributed by atoms with Crippen LogP contribution < -0.4 is 15.4 Å². The molecule has 2 rings (SSSR count). The lowest BCUT2D eigenvalue weighted by molar-refractivity contribution is -0.118. The van der Waals surface area contributed by atoms with Crippen molar-refractivity contribution < 1.29 is 23.1 Å². The minimum Gasteiger partial charge on any atom is -0.433 e. The Labute approximate surface area is 160 Å². The van der Waals surface area contributed by atoms with Crippen molar-refractivity contribution in [2.75, 3.05) is 5.32 Å². The van der Waals surface area contributed by atoms with Crippen LogP contribution in [0.5, 0.6) is 5.75 Å². The van der Waals surface area contributed by atoms with E-state index in [-0.39, 0.29) is 22.6 Å². The van der Waals surface area contributed by atoms with Gasteiger partial charge in [-0.2, -0.15) is 8.78 Å². The van der Waals surface area contributed by atoms with E-state index in [1.807, 2.05) is 0 Å². The smallest absolute Gasteiger partial charge is 0.387 e. The Kier molecular flexibility index (Phi) is 7.12. The summed E-state index contributed by atoms with van der Waals surface area (Å²) in [7, 11) is 0. The maximum absolute atomic E-state index is 12.6. The number of nitrogens with one attached hydrogen (secondary N) is 2. The minimum atomic E-state index is -3.00. The summed E-state index contributed by atoms with van der Waals surface area (Å²) < 4.78 is 28.8. The van der Waals surface area contributed by atoms with Crippen molar-refractivity contribution in [3.63, 3.8) is 0 Å². The number of hydrogen-bond acceptors (Lipinski definition) is 3. The van der Waals surface area contributed by atoms with Gasteiger partial charge in [0.2, 0.25) is 5.91 Å². The fourth-order valence-corrected chi connectivity index (χ4v) is 2.56. The van der Waals surface area contributed by atoms with E-state index >= 15 is 0 Å². The highest BCUT2D eigenvalue weighted by Gasteiger charge is 2.25. The first-order valence-electron chi connectivity index (χ1n) is 8.19. The topological polar surface area (TPSA) is 67.4 Å². The largest absolute Gasteiger partial charge is 0.433 e. The third kappa shape index (κ3) is 5.92. The van der Waals surface area contributed by atoms with E-state index in [4.69, 9.17) is 11.6 Å². The first kappa shape index (κ1) is 20.6. The van der Waals surface area contributed by atoms with Crippen LogP contribution in [0.3, 0.4) is 0 Å². The number of benzene rings is 2. The number of hydrogen-bond donors (Lipinski definition) is 2. The molecule has 0 saturated heterocycles. The van der Waals surface area contributed by atoms with E-state index in [0.29, 0.717) is 11.3 Å². The van der Waals surface area contributed by atoms with Crippen molar-refractivity contribution in [1.82, 2.24) is 5.32 Å². The monoisotopic (exact) mass is 396 g/mol. The van der Waals surface area contributed by atoms with Gasteiger partial charge < -0.3 is 15.4 Å². The molecule has 0 bridgehead atoms. The van der Waals surface area contributed by atoms with Crippen molar-refractivity contribution in [3.05, 3.63) is 59.1 Å². The van der Waals surface area contributed by atoms with Gasteiger partial charge in [-0.1, -0.05) is 43.6 Å². The van der Waals surface area contributed by atoms with Crippen LogP contribution >= 0.6 is 11.6 Å². The Morgan fingerprint density at radius 2 is 1.74 bits per heavy atom. The zero-order chi connectivity index (χ0) is 20.0. The molecule has 0 aromatic heterocycles. The summed E-state index contributed by atoms with van der Waals surface area (Å²) in [4.78, 5) is 24.9. The normalized spacial score (nSPS) is 12.0. The summed E-state index contributed by atoms with van der Waals surface area (Å²) in [6.45, 7) is 0.589. The molecule has 0 aliphatic rings. The number of amides is 2. The van der Waals surface area contributed by atoms with Crippen LogP contribution in [0.1, 0.15) is 24.2 Å². The van der Waals surface area contributed by atoms with Crippen LogP contribution in [0.2, 0.25) is 5.02 Å². The maximum atomic E-state index is 12.6. The van der Waals surface area contributed by atoms with Gasteiger partial charge in [-0.05, 0) is 36.2 Å². The van der Waals surface area contributed by atoms with Gasteiger partial charge in [0.1, 0.15) is 11.8 Å². The molecule has 0 aliphatic carbocycles. The van der Waals surface area contributed by atoms with Gasteiger partial charge in [0.05, 0.1) is 5.02 Å². The Balaban J connectivity index is 2.09. The molecule has 0 radical (unpaired) electrons. The molecule has 0 heterocycles. The van der Waals surface area contributed by atoms with Crippen LogP contribution in [0.15, 0.2) is 48.5 Å². The fourth-order valence-electron chi connectivity index (χ4n) is 2.34. The predicted molar refractivity (Wildman–Crippen MR) is 99.2 cm³/mol. The molecule has 5 nitrogen and oxygen atoms in total.